The molecule has 0 aliphatic carbocycles. The van der Waals surface area contributed by atoms with Crippen LogP contribution in [0.2, 0.25) is 5.02 Å². The maximum Gasteiger partial charge on any atom is 0.240 e. The first-order valence-corrected chi connectivity index (χ1v) is 11.3. The summed E-state index contributed by atoms with van der Waals surface area (Å²) < 4.78 is 29.4. The summed E-state index contributed by atoms with van der Waals surface area (Å²) in [6.07, 6.45) is 0. The van der Waals surface area contributed by atoms with Gasteiger partial charge in [0.05, 0.1) is 17.1 Å². The van der Waals surface area contributed by atoms with Crippen LogP contribution >= 0.6 is 11.6 Å². The molecule has 154 valence electrons. The molecule has 31 heavy (non-hydrogen) atoms. The molecule has 0 fully saturated rings. The van der Waals surface area contributed by atoms with Crippen LogP contribution in [-0.2, 0) is 16.6 Å². The molecule has 1 N–H and O–H groups in total. The molecule has 9 heteroatoms. The molecule has 5 aromatic rings. The van der Waals surface area contributed by atoms with Gasteiger partial charge in [0.15, 0.2) is 11.5 Å². The van der Waals surface area contributed by atoms with Gasteiger partial charge in [-0.05, 0) is 24.3 Å². The fourth-order valence-corrected chi connectivity index (χ4v) is 4.51. The Bertz CT molecular complexity index is 1500. The highest BCUT2D eigenvalue weighted by molar-refractivity contribution is 7.89. The Labute approximate surface area is 183 Å². The summed E-state index contributed by atoms with van der Waals surface area (Å²) in [6.45, 7) is -0.0638. The molecule has 0 atom stereocenters. The monoisotopic (exact) mass is 449 g/mol. The van der Waals surface area contributed by atoms with Crippen molar-refractivity contribution in [1.82, 2.24) is 24.5 Å². The molecule has 5 rings (SSSR count). The molecule has 0 aliphatic rings. The average molecular weight is 450 g/mol. The van der Waals surface area contributed by atoms with Gasteiger partial charge < -0.3 is 0 Å². The molecular formula is C22H16ClN5O2S. The predicted octanol–water partition coefficient (Wildman–Crippen LogP) is 4.08. The van der Waals surface area contributed by atoms with Crippen LogP contribution in [0.15, 0.2) is 83.8 Å². The van der Waals surface area contributed by atoms with E-state index in [0.29, 0.717) is 16.5 Å². The molecule has 0 radical (unpaired) electrons. The van der Waals surface area contributed by atoms with Crippen molar-refractivity contribution in [2.45, 2.75) is 11.4 Å². The molecule has 0 spiro atoms. The van der Waals surface area contributed by atoms with Crippen molar-refractivity contribution in [2.75, 3.05) is 0 Å². The van der Waals surface area contributed by atoms with E-state index in [4.69, 9.17) is 16.7 Å². The number of fused-ring (bicyclic) bond motifs is 3. The molecule has 2 heterocycles. The highest BCUT2D eigenvalue weighted by Crippen LogP contribution is 2.28. The van der Waals surface area contributed by atoms with E-state index in [1.54, 1.807) is 4.52 Å². The van der Waals surface area contributed by atoms with E-state index in [1.165, 1.54) is 24.3 Å². The number of nitrogens with one attached hydrogen (secondary N) is 1. The Balaban J connectivity index is 1.58. The summed E-state index contributed by atoms with van der Waals surface area (Å²) in [5, 5.41) is 15.5. The van der Waals surface area contributed by atoms with E-state index in [0.717, 1.165) is 22.0 Å². The number of hydrogen-bond donors (Lipinski definition) is 1. The summed E-state index contributed by atoms with van der Waals surface area (Å²) in [6, 6.07) is 23.6. The molecule has 0 saturated carbocycles. The van der Waals surface area contributed by atoms with Crippen molar-refractivity contribution in [2.24, 2.45) is 0 Å². The van der Waals surface area contributed by atoms with Crippen molar-refractivity contribution >= 4 is 38.0 Å². The smallest absolute Gasteiger partial charge is 0.207 e. The third kappa shape index (κ3) is 3.65. The first-order chi connectivity index (χ1) is 15.0. The van der Waals surface area contributed by atoms with Crippen LogP contribution in [0.25, 0.3) is 27.7 Å². The van der Waals surface area contributed by atoms with Crippen LogP contribution in [0.4, 0.5) is 0 Å². The van der Waals surface area contributed by atoms with E-state index in [9.17, 15) is 8.42 Å². The second-order valence-corrected chi connectivity index (χ2v) is 9.09. The van der Waals surface area contributed by atoms with Gasteiger partial charge in [-0.2, -0.15) is 9.61 Å². The zero-order valence-electron chi connectivity index (χ0n) is 16.1. The fourth-order valence-electron chi connectivity index (χ4n) is 3.40. The molecular weight excluding hydrogens is 434 g/mol. The summed E-state index contributed by atoms with van der Waals surface area (Å²) >= 11 is 5.85. The van der Waals surface area contributed by atoms with Crippen LogP contribution in [0.1, 0.15) is 5.82 Å². The van der Waals surface area contributed by atoms with Gasteiger partial charge in [-0.15, -0.1) is 10.2 Å². The van der Waals surface area contributed by atoms with Gasteiger partial charge in [0.25, 0.3) is 0 Å². The average Bonchev–Trinajstić information content (AvgIpc) is 3.21. The lowest BCUT2D eigenvalue weighted by Gasteiger charge is -2.09. The molecule has 2 aromatic heterocycles. The maximum absolute atomic E-state index is 12.6. The van der Waals surface area contributed by atoms with Crippen LogP contribution in [0, 0.1) is 0 Å². The normalized spacial score (nSPS) is 11.9. The SMILES string of the molecule is O=S(=O)(NCc1nnc2c3ccccc3c(-c3ccccc3)nn12)c1ccc(Cl)cc1. The van der Waals surface area contributed by atoms with Gasteiger partial charge in [0, 0.05) is 21.4 Å². The number of aromatic nitrogens is 4. The van der Waals surface area contributed by atoms with Crippen LogP contribution in [0.5, 0.6) is 0 Å². The summed E-state index contributed by atoms with van der Waals surface area (Å²) in [5.41, 5.74) is 2.28. The number of hydrogen-bond acceptors (Lipinski definition) is 5. The number of sulfonamides is 1. The van der Waals surface area contributed by atoms with Crippen molar-refractivity contribution in [1.29, 1.82) is 0 Å². The van der Waals surface area contributed by atoms with Gasteiger partial charge >= 0.3 is 0 Å². The lowest BCUT2D eigenvalue weighted by molar-refractivity contribution is 0.578. The highest BCUT2D eigenvalue weighted by Gasteiger charge is 2.18. The topological polar surface area (TPSA) is 89.2 Å². The van der Waals surface area contributed by atoms with Crippen molar-refractivity contribution < 1.29 is 8.42 Å². The first-order valence-electron chi connectivity index (χ1n) is 9.47. The molecule has 7 nitrogen and oxygen atoms in total. The predicted molar refractivity (Wildman–Crippen MR) is 119 cm³/mol. The van der Waals surface area contributed by atoms with Gasteiger partial charge in [0.1, 0.15) is 0 Å². The van der Waals surface area contributed by atoms with E-state index in [2.05, 4.69) is 14.9 Å². The van der Waals surface area contributed by atoms with Gasteiger partial charge in [-0.25, -0.2) is 13.1 Å². The van der Waals surface area contributed by atoms with Crippen LogP contribution in [-0.4, -0.2) is 28.2 Å². The minimum Gasteiger partial charge on any atom is -0.207 e. The Kier molecular flexibility index (Phi) is 4.90. The minimum absolute atomic E-state index is 0.0638. The molecule has 0 saturated heterocycles. The van der Waals surface area contributed by atoms with Crippen LogP contribution < -0.4 is 4.72 Å². The lowest BCUT2D eigenvalue weighted by Crippen LogP contribution is -2.24. The molecule has 0 aliphatic heterocycles. The Morgan fingerprint density at radius 2 is 1.52 bits per heavy atom. The fraction of sp³-hybridized carbons (Fsp3) is 0.0455. The second kappa shape index (κ2) is 7.73. The number of nitrogens with zero attached hydrogens (tertiary/aromatic N) is 4. The van der Waals surface area contributed by atoms with Gasteiger partial charge in [-0.1, -0.05) is 66.2 Å². The molecule has 0 unspecified atom stereocenters. The molecule has 0 amide bonds. The number of halogens is 1. The Hall–Kier alpha value is -3.33. The van der Waals surface area contributed by atoms with Gasteiger partial charge in [-0.3, -0.25) is 0 Å². The van der Waals surface area contributed by atoms with Crippen molar-refractivity contribution in [3.63, 3.8) is 0 Å². The van der Waals surface area contributed by atoms with E-state index >= 15 is 0 Å². The van der Waals surface area contributed by atoms with Crippen molar-refractivity contribution in [3.05, 3.63) is 89.7 Å². The standard InChI is InChI=1S/C22H16ClN5O2S/c23-16-10-12-17(13-11-16)31(29,30)24-14-20-25-26-22-19-9-5-4-8-18(19)21(27-28(20)22)15-6-2-1-3-7-15/h1-13,24H,14H2. The maximum atomic E-state index is 12.6. The highest BCUT2D eigenvalue weighted by atomic mass is 35.5. The third-order valence-electron chi connectivity index (χ3n) is 4.92. The third-order valence-corrected chi connectivity index (χ3v) is 6.59. The quantitative estimate of drug-likeness (QED) is 0.436. The van der Waals surface area contributed by atoms with E-state index < -0.39 is 10.0 Å². The largest absolute Gasteiger partial charge is 0.240 e. The molecule has 0 bridgehead atoms. The second-order valence-electron chi connectivity index (χ2n) is 6.89. The number of rotatable bonds is 5. The summed E-state index contributed by atoms with van der Waals surface area (Å²) in [4.78, 5) is 0.120. The zero-order chi connectivity index (χ0) is 21.4. The van der Waals surface area contributed by atoms with E-state index in [1.807, 2.05) is 54.6 Å². The zero-order valence-corrected chi connectivity index (χ0v) is 17.7. The Morgan fingerprint density at radius 1 is 0.839 bits per heavy atom. The van der Waals surface area contributed by atoms with E-state index in [-0.39, 0.29) is 11.4 Å². The summed E-state index contributed by atoms with van der Waals surface area (Å²) in [5.74, 6) is 0.385. The minimum atomic E-state index is -3.74. The molecule has 3 aromatic carbocycles. The number of benzene rings is 3. The Morgan fingerprint density at radius 3 is 2.26 bits per heavy atom. The summed E-state index contributed by atoms with van der Waals surface area (Å²) in [7, 11) is -3.74. The van der Waals surface area contributed by atoms with Crippen molar-refractivity contribution in [3.8, 4) is 11.3 Å². The van der Waals surface area contributed by atoms with Gasteiger partial charge in [0.2, 0.25) is 10.0 Å². The first kappa shape index (κ1) is 19.6. The lowest BCUT2D eigenvalue weighted by atomic mass is 10.1. The van der Waals surface area contributed by atoms with Crippen LogP contribution in [0.3, 0.4) is 0 Å².